The minimum atomic E-state index is -2.22. The van der Waals surface area contributed by atoms with E-state index in [0.29, 0.717) is 0 Å². The minimum absolute atomic E-state index is 0.137. The van der Waals surface area contributed by atoms with Gasteiger partial charge in [0.25, 0.3) is 0 Å². The first-order valence-electron chi connectivity index (χ1n) is 7.12. The third-order valence-corrected chi connectivity index (χ3v) is 4.10. The molecule has 0 unspecified atom stereocenters. The molecule has 2 atom stereocenters. The summed E-state index contributed by atoms with van der Waals surface area (Å²) in [6.07, 6.45) is 2.76. The summed E-state index contributed by atoms with van der Waals surface area (Å²) in [6, 6.07) is -0.137. The van der Waals surface area contributed by atoms with Crippen molar-refractivity contribution in [1.82, 2.24) is 5.32 Å². The molecule has 122 valence electrons. The summed E-state index contributed by atoms with van der Waals surface area (Å²) in [5.74, 6) is -10.7. The first-order chi connectivity index (χ1) is 10.3. The summed E-state index contributed by atoms with van der Waals surface area (Å²) in [5, 5.41) is 2.61. The fraction of sp³-hybridized carbons (Fsp3) is 0.533. The Labute approximate surface area is 124 Å². The lowest BCUT2D eigenvalue weighted by Gasteiger charge is -2.29. The van der Waals surface area contributed by atoms with E-state index in [1.165, 1.54) is 0 Å². The molecule has 0 aliphatic heterocycles. The van der Waals surface area contributed by atoms with E-state index in [9.17, 15) is 26.7 Å². The number of hydrogen-bond acceptors (Lipinski definition) is 1. The van der Waals surface area contributed by atoms with Crippen LogP contribution in [0.25, 0.3) is 0 Å². The molecule has 1 fully saturated rings. The summed E-state index contributed by atoms with van der Waals surface area (Å²) < 4.78 is 66.1. The van der Waals surface area contributed by atoms with Crippen molar-refractivity contribution in [3.8, 4) is 0 Å². The molecule has 2 nitrogen and oxygen atoms in total. The zero-order valence-corrected chi connectivity index (χ0v) is 12.0. The quantitative estimate of drug-likeness (QED) is 0.514. The van der Waals surface area contributed by atoms with Gasteiger partial charge in [-0.25, -0.2) is 22.0 Å². The Kier molecular flexibility index (Phi) is 5.03. The molecule has 1 aliphatic carbocycles. The lowest BCUT2D eigenvalue weighted by Crippen LogP contribution is -2.42. The third-order valence-electron chi connectivity index (χ3n) is 4.10. The van der Waals surface area contributed by atoms with Gasteiger partial charge in [-0.2, -0.15) is 0 Å². The van der Waals surface area contributed by atoms with Crippen LogP contribution in [0.5, 0.6) is 0 Å². The maximum atomic E-state index is 13.5. The Hall–Kier alpha value is -1.66. The predicted molar refractivity (Wildman–Crippen MR) is 69.5 cm³/mol. The number of benzene rings is 1. The van der Waals surface area contributed by atoms with Gasteiger partial charge < -0.3 is 5.32 Å². The molecule has 2 rings (SSSR count). The molecule has 1 aromatic carbocycles. The lowest BCUT2D eigenvalue weighted by molar-refractivity contribution is -0.121. The van der Waals surface area contributed by atoms with Crippen molar-refractivity contribution in [1.29, 1.82) is 0 Å². The summed E-state index contributed by atoms with van der Waals surface area (Å²) >= 11 is 0. The van der Waals surface area contributed by atoms with Gasteiger partial charge in [-0.15, -0.1) is 0 Å². The summed E-state index contributed by atoms with van der Waals surface area (Å²) in [4.78, 5) is 11.9. The van der Waals surface area contributed by atoms with E-state index in [4.69, 9.17) is 0 Å². The standard InChI is InChI=1S/C15H16F5NO/c1-7-4-2-3-5-9(7)21-10(22)6-8-11(16)13(18)15(20)14(19)12(8)17/h7,9H,2-6H2,1H3,(H,21,22)/t7-,9+/m0/s1. The van der Waals surface area contributed by atoms with Crippen molar-refractivity contribution in [3.05, 3.63) is 34.6 Å². The van der Waals surface area contributed by atoms with E-state index in [-0.39, 0.29) is 12.0 Å². The van der Waals surface area contributed by atoms with Crippen LogP contribution >= 0.6 is 0 Å². The second-order valence-corrected chi connectivity index (χ2v) is 5.66. The number of hydrogen-bond donors (Lipinski definition) is 1. The second-order valence-electron chi connectivity index (χ2n) is 5.66. The van der Waals surface area contributed by atoms with Crippen LogP contribution in [0.4, 0.5) is 22.0 Å². The second kappa shape index (κ2) is 6.62. The Morgan fingerprint density at radius 2 is 1.45 bits per heavy atom. The molecule has 22 heavy (non-hydrogen) atoms. The van der Waals surface area contributed by atoms with Gasteiger partial charge in [0.1, 0.15) is 0 Å². The molecule has 1 aliphatic rings. The van der Waals surface area contributed by atoms with Gasteiger partial charge in [-0.05, 0) is 18.8 Å². The van der Waals surface area contributed by atoms with E-state index in [1.54, 1.807) is 0 Å². The largest absolute Gasteiger partial charge is 0.353 e. The van der Waals surface area contributed by atoms with Gasteiger partial charge in [0.2, 0.25) is 11.7 Å². The van der Waals surface area contributed by atoms with Crippen molar-refractivity contribution >= 4 is 5.91 Å². The Morgan fingerprint density at radius 3 is 2.00 bits per heavy atom. The molecule has 0 saturated heterocycles. The van der Waals surface area contributed by atoms with Crippen molar-refractivity contribution < 1.29 is 26.7 Å². The highest BCUT2D eigenvalue weighted by Crippen LogP contribution is 2.25. The number of rotatable bonds is 3. The van der Waals surface area contributed by atoms with Gasteiger partial charge in [0, 0.05) is 11.6 Å². The van der Waals surface area contributed by atoms with Crippen LogP contribution in [0.1, 0.15) is 38.2 Å². The van der Waals surface area contributed by atoms with Crippen LogP contribution in [-0.2, 0) is 11.2 Å². The predicted octanol–water partition coefficient (Wildman–Crippen LogP) is 3.62. The zero-order valence-electron chi connectivity index (χ0n) is 12.0. The number of halogens is 5. The SMILES string of the molecule is C[C@H]1CCCC[C@H]1NC(=O)Cc1c(F)c(F)c(F)c(F)c1F. The van der Waals surface area contributed by atoms with Crippen LogP contribution < -0.4 is 5.32 Å². The molecule has 0 aromatic heterocycles. The highest BCUT2D eigenvalue weighted by Gasteiger charge is 2.28. The fourth-order valence-electron chi connectivity index (χ4n) is 2.75. The minimum Gasteiger partial charge on any atom is -0.353 e. The summed E-state index contributed by atoms with van der Waals surface area (Å²) in [7, 11) is 0. The number of carbonyl (C=O) groups excluding carboxylic acids is 1. The van der Waals surface area contributed by atoms with E-state index in [2.05, 4.69) is 5.32 Å². The number of carbonyl (C=O) groups is 1. The van der Waals surface area contributed by atoms with Crippen molar-refractivity contribution in [2.75, 3.05) is 0 Å². The Balaban J connectivity index is 2.15. The van der Waals surface area contributed by atoms with E-state index >= 15 is 0 Å². The van der Waals surface area contributed by atoms with Gasteiger partial charge in [-0.3, -0.25) is 4.79 Å². The molecule has 1 amide bonds. The highest BCUT2D eigenvalue weighted by molar-refractivity contribution is 5.79. The first-order valence-corrected chi connectivity index (χ1v) is 7.12. The molecule has 1 N–H and O–H groups in total. The first kappa shape index (κ1) is 16.7. The summed E-state index contributed by atoms with van der Waals surface area (Å²) in [6.45, 7) is 1.95. The van der Waals surface area contributed by atoms with Crippen LogP contribution in [0, 0.1) is 35.0 Å². The number of nitrogens with one attached hydrogen (secondary N) is 1. The average molecular weight is 321 g/mol. The molecule has 0 bridgehead atoms. The normalized spacial score (nSPS) is 21.7. The fourth-order valence-corrected chi connectivity index (χ4v) is 2.75. The van der Waals surface area contributed by atoms with Gasteiger partial charge in [0.05, 0.1) is 6.42 Å². The maximum Gasteiger partial charge on any atom is 0.224 e. The highest BCUT2D eigenvalue weighted by atomic mass is 19.2. The Bertz CT molecular complexity index is 561. The molecule has 0 heterocycles. The molecule has 7 heteroatoms. The maximum absolute atomic E-state index is 13.5. The molecule has 0 radical (unpaired) electrons. The van der Waals surface area contributed by atoms with E-state index in [1.807, 2.05) is 6.92 Å². The van der Waals surface area contributed by atoms with Crippen molar-refractivity contribution in [2.24, 2.45) is 5.92 Å². The van der Waals surface area contributed by atoms with E-state index in [0.717, 1.165) is 25.7 Å². The summed E-state index contributed by atoms with van der Waals surface area (Å²) in [5.41, 5.74) is -1.10. The van der Waals surface area contributed by atoms with Gasteiger partial charge in [-0.1, -0.05) is 19.8 Å². The molecular formula is C15H16F5NO. The van der Waals surface area contributed by atoms with Crippen LogP contribution in [0.2, 0.25) is 0 Å². The van der Waals surface area contributed by atoms with Gasteiger partial charge in [0.15, 0.2) is 23.3 Å². The molecule has 0 spiro atoms. The van der Waals surface area contributed by atoms with Crippen molar-refractivity contribution in [3.63, 3.8) is 0 Å². The smallest absolute Gasteiger partial charge is 0.224 e. The molecule has 1 saturated carbocycles. The van der Waals surface area contributed by atoms with Crippen LogP contribution in [0.3, 0.4) is 0 Å². The van der Waals surface area contributed by atoms with E-state index < -0.39 is 47.0 Å². The molecular weight excluding hydrogens is 305 g/mol. The monoisotopic (exact) mass is 321 g/mol. The van der Waals surface area contributed by atoms with Gasteiger partial charge >= 0.3 is 0 Å². The average Bonchev–Trinajstić information content (AvgIpc) is 2.50. The van der Waals surface area contributed by atoms with Crippen LogP contribution in [0.15, 0.2) is 0 Å². The van der Waals surface area contributed by atoms with Crippen LogP contribution in [-0.4, -0.2) is 11.9 Å². The zero-order chi connectivity index (χ0) is 16.4. The third kappa shape index (κ3) is 3.23. The lowest BCUT2D eigenvalue weighted by atomic mass is 9.86. The Morgan fingerprint density at radius 1 is 0.955 bits per heavy atom. The van der Waals surface area contributed by atoms with Crippen molar-refractivity contribution in [2.45, 2.75) is 45.1 Å². The molecule has 1 aromatic rings. The number of amides is 1. The topological polar surface area (TPSA) is 29.1 Å².